The lowest BCUT2D eigenvalue weighted by atomic mass is 10.0. The van der Waals surface area contributed by atoms with Crippen LogP contribution in [0.15, 0.2) is 36.5 Å². The van der Waals surface area contributed by atoms with Crippen LogP contribution < -0.4 is 24.8 Å². The number of methoxy groups -OCH3 is 3. The lowest BCUT2D eigenvalue weighted by Crippen LogP contribution is -2.47. The Balaban J connectivity index is 1.94. The minimum atomic E-state index is -0.756. The van der Waals surface area contributed by atoms with E-state index in [0.29, 0.717) is 34.3 Å². The lowest BCUT2D eigenvalue weighted by Gasteiger charge is -2.21. The number of rotatable bonds is 8. The number of aromatic nitrogens is 2. The molecule has 3 rings (SSSR count). The fourth-order valence-electron chi connectivity index (χ4n) is 3.59. The third-order valence-corrected chi connectivity index (χ3v) is 5.21. The zero-order chi connectivity index (χ0) is 23.4. The van der Waals surface area contributed by atoms with E-state index in [1.54, 1.807) is 48.1 Å². The number of pyridine rings is 1. The van der Waals surface area contributed by atoms with E-state index in [1.165, 1.54) is 21.3 Å². The number of aryl methyl sites for hydroxylation is 1. The first-order chi connectivity index (χ1) is 15.3. The molecule has 0 fully saturated rings. The average molecular weight is 441 g/mol. The molecule has 0 aliphatic carbocycles. The fraction of sp³-hybridized carbons (Fsp3) is 0.348. The molecule has 0 bridgehead atoms. The van der Waals surface area contributed by atoms with Gasteiger partial charge < -0.3 is 29.4 Å². The van der Waals surface area contributed by atoms with Gasteiger partial charge >= 0.3 is 0 Å². The van der Waals surface area contributed by atoms with E-state index in [9.17, 15) is 9.59 Å². The largest absolute Gasteiger partial charge is 0.493 e. The molecule has 2 amide bonds. The smallest absolute Gasteiger partial charge is 0.268 e. The Labute approximate surface area is 186 Å². The van der Waals surface area contributed by atoms with Crippen molar-refractivity contribution < 1.29 is 23.8 Å². The number of amides is 2. The summed E-state index contributed by atoms with van der Waals surface area (Å²) in [6.07, 6.45) is 1.59. The SMILES string of the molecule is COc1cc2cc(C(=O)N[C@@H](C(=O)Nc3ccccn3)C(C)C)n(C)c2c(OC)c1OC. The topological polar surface area (TPSA) is 104 Å². The summed E-state index contributed by atoms with van der Waals surface area (Å²) in [5, 5.41) is 6.33. The summed E-state index contributed by atoms with van der Waals surface area (Å²) in [4.78, 5) is 30.1. The Morgan fingerprint density at radius 1 is 1.03 bits per heavy atom. The molecule has 2 aromatic heterocycles. The van der Waals surface area contributed by atoms with E-state index in [2.05, 4.69) is 15.6 Å². The van der Waals surface area contributed by atoms with Crippen LogP contribution in [0.1, 0.15) is 24.3 Å². The van der Waals surface area contributed by atoms with Crippen molar-refractivity contribution in [2.24, 2.45) is 13.0 Å². The predicted molar refractivity (Wildman–Crippen MR) is 122 cm³/mol. The average Bonchev–Trinajstić information content (AvgIpc) is 3.12. The lowest BCUT2D eigenvalue weighted by molar-refractivity contribution is -0.118. The third-order valence-electron chi connectivity index (χ3n) is 5.21. The molecule has 170 valence electrons. The van der Waals surface area contributed by atoms with Crippen LogP contribution in [0.2, 0.25) is 0 Å². The minimum absolute atomic E-state index is 0.146. The van der Waals surface area contributed by atoms with Gasteiger partial charge in [-0.15, -0.1) is 0 Å². The molecule has 0 radical (unpaired) electrons. The normalized spacial score (nSPS) is 11.8. The van der Waals surface area contributed by atoms with Gasteiger partial charge in [0.1, 0.15) is 17.6 Å². The molecular weight excluding hydrogens is 412 g/mol. The second-order valence-corrected chi connectivity index (χ2v) is 7.57. The van der Waals surface area contributed by atoms with E-state index in [0.717, 1.165) is 5.39 Å². The summed E-state index contributed by atoms with van der Waals surface area (Å²) in [7, 11) is 6.34. The number of nitrogens with zero attached hydrogens (tertiary/aromatic N) is 2. The first kappa shape index (κ1) is 22.9. The summed E-state index contributed by atoms with van der Waals surface area (Å²) in [5.74, 6) is 0.926. The number of carbonyl (C=O) groups is 2. The van der Waals surface area contributed by atoms with Gasteiger partial charge in [0.05, 0.1) is 26.8 Å². The fourth-order valence-corrected chi connectivity index (χ4v) is 3.59. The zero-order valence-electron chi connectivity index (χ0n) is 19.1. The van der Waals surface area contributed by atoms with E-state index in [1.807, 2.05) is 13.8 Å². The summed E-state index contributed by atoms with van der Waals surface area (Å²) < 4.78 is 18.1. The van der Waals surface area contributed by atoms with Gasteiger partial charge in [-0.3, -0.25) is 9.59 Å². The maximum absolute atomic E-state index is 13.2. The highest BCUT2D eigenvalue weighted by Gasteiger charge is 2.28. The van der Waals surface area contributed by atoms with Gasteiger partial charge in [-0.25, -0.2) is 4.98 Å². The van der Waals surface area contributed by atoms with Gasteiger partial charge in [0.25, 0.3) is 5.91 Å². The highest BCUT2D eigenvalue weighted by atomic mass is 16.5. The molecule has 0 unspecified atom stereocenters. The second-order valence-electron chi connectivity index (χ2n) is 7.57. The van der Waals surface area contributed by atoms with Crippen molar-refractivity contribution in [3.05, 3.63) is 42.2 Å². The van der Waals surface area contributed by atoms with Gasteiger partial charge in [-0.1, -0.05) is 19.9 Å². The molecule has 0 spiro atoms. The zero-order valence-corrected chi connectivity index (χ0v) is 19.1. The molecule has 2 heterocycles. The number of hydrogen-bond donors (Lipinski definition) is 2. The third kappa shape index (κ3) is 4.32. The van der Waals surface area contributed by atoms with Crippen LogP contribution in [0.25, 0.3) is 10.9 Å². The standard InChI is InChI=1S/C23H28N4O5/c1-13(2)18(23(29)25-17-9-7-8-10-24-17)26-22(28)15-11-14-12-16(30-4)20(31-5)21(32-6)19(14)27(15)3/h7-13,18H,1-6H3,(H,26,28)(H,24,25,29)/t18-/m1/s1. The van der Waals surface area contributed by atoms with Crippen molar-refractivity contribution in [3.8, 4) is 17.2 Å². The van der Waals surface area contributed by atoms with E-state index < -0.39 is 11.9 Å². The summed E-state index contributed by atoms with van der Waals surface area (Å²) in [5.41, 5.74) is 1.04. The van der Waals surface area contributed by atoms with Crippen molar-refractivity contribution in [1.82, 2.24) is 14.9 Å². The molecule has 1 atom stereocenters. The number of benzene rings is 1. The molecule has 3 aromatic rings. The summed E-state index contributed by atoms with van der Waals surface area (Å²) >= 11 is 0. The Kier molecular flexibility index (Phi) is 6.87. The van der Waals surface area contributed by atoms with Crippen molar-refractivity contribution >= 4 is 28.5 Å². The molecule has 32 heavy (non-hydrogen) atoms. The van der Waals surface area contributed by atoms with Gasteiger partial charge in [0.2, 0.25) is 11.7 Å². The van der Waals surface area contributed by atoms with Crippen LogP contribution in [0.3, 0.4) is 0 Å². The highest BCUT2D eigenvalue weighted by Crippen LogP contribution is 2.44. The van der Waals surface area contributed by atoms with Gasteiger partial charge in [0, 0.05) is 18.6 Å². The van der Waals surface area contributed by atoms with Gasteiger partial charge in [0.15, 0.2) is 11.5 Å². The molecule has 0 aliphatic heterocycles. The quantitative estimate of drug-likeness (QED) is 0.558. The second kappa shape index (κ2) is 9.59. The highest BCUT2D eigenvalue weighted by molar-refractivity contribution is 6.04. The predicted octanol–water partition coefficient (Wildman–Crippen LogP) is 2.99. The number of hydrogen-bond acceptors (Lipinski definition) is 6. The monoisotopic (exact) mass is 440 g/mol. The maximum atomic E-state index is 13.2. The Hall–Kier alpha value is -3.75. The first-order valence-corrected chi connectivity index (χ1v) is 10.1. The van der Waals surface area contributed by atoms with Crippen LogP contribution in [-0.2, 0) is 11.8 Å². The van der Waals surface area contributed by atoms with Crippen molar-refractivity contribution in [2.75, 3.05) is 26.6 Å². The van der Waals surface area contributed by atoms with Gasteiger partial charge in [-0.05, 0) is 30.2 Å². The van der Waals surface area contributed by atoms with Crippen LogP contribution >= 0.6 is 0 Å². The Morgan fingerprint density at radius 2 is 1.75 bits per heavy atom. The summed E-state index contributed by atoms with van der Waals surface area (Å²) in [6, 6.07) is 7.97. The number of nitrogens with one attached hydrogen (secondary N) is 2. The summed E-state index contributed by atoms with van der Waals surface area (Å²) in [6.45, 7) is 3.73. The number of carbonyl (C=O) groups excluding carboxylic acids is 2. The minimum Gasteiger partial charge on any atom is -0.493 e. The number of ether oxygens (including phenoxy) is 3. The Morgan fingerprint density at radius 3 is 2.31 bits per heavy atom. The van der Waals surface area contributed by atoms with Crippen molar-refractivity contribution in [3.63, 3.8) is 0 Å². The van der Waals surface area contributed by atoms with Crippen LogP contribution in [-0.4, -0.2) is 48.7 Å². The van der Waals surface area contributed by atoms with E-state index in [-0.39, 0.29) is 11.8 Å². The van der Waals surface area contributed by atoms with Crippen LogP contribution in [0.5, 0.6) is 17.2 Å². The molecule has 0 aliphatic rings. The number of fused-ring (bicyclic) bond motifs is 1. The molecule has 0 saturated heterocycles. The van der Waals surface area contributed by atoms with Crippen molar-refractivity contribution in [1.29, 1.82) is 0 Å². The van der Waals surface area contributed by atoms with Crippen LogP contribution in [0, 0.1) is 5.92 Å². The van der Waals surface area contributed by atoms with E-state index in [4.69, 9.17) is 14.2 Å². The molecular formula is C23H28N4O5. The molecule has 2 N–H and O–H groups in total. The molecule has 0 saturated carbocycles. The van der Waals surface area contributed by atoms with Crippen molar-refractivity contribution in [2.45, 2.75) is 19.9 Å². The maximum Gasteiger partial charge on any atom is 0.268 e. The Bertz CT molecular complexity index is 1120. The van der Waals surface area contributed by atoms with Crippen LogP contribution in [0.4, 0.5) is 5.82 Å². The number of anilines is 1. The molecule has 1 aromatic carbocycles. The molecule has 9 heteroatoms. The van der Waals surface area contributed by atoms with Gasteiger partial charge in [-0.2, -0.15) is 0 Å². The van der Waals surface area contributed by atoms with E-state index >= 15 is 0 Å². The molecule has 9 nitrogen and oxygen atoms in total. The first-order valence-electron chi connectivity index (χ1n) is 10.1.